The number of hydrogen-bond acceptors (Lipinski definition) is 4. The summed E-state index contributed by atoms with van der Waals surface area (Å²) in [5.41, 5.74) is 3.46. The summed E-state index contributed by atoms with van der Waals surface area (Å²) < 4.78 is 13.2. The van der Waals surface area contributed by atoms with E-state index >= 15 is 0 Å². The van der Waals surface area contributed by atoms with Crippen molar-refractivity contribution in [1.29, 1.82) is 0 Å². The Hall–Kier alpha value is -3.26. The van der Waals surface area contributed by atoms with Gasteiger partial charge in [-0.3, -0.25) is 4.98 Å². The number of ether oxygens (including phenoxy) is 2. The van der Waals surface area contributed by atoms with Crippen molar-refractivity contribution in [3.63, 3.8) is 0 Å². The number of benzene rings is 2. The SMILES string of the molecule is COc1ccc(N2C(=S)N[C@@H](c3ccccn3)[C@H]2c2cccn2-c2ccc(Cl)cc2Cl)c(OC)c1. The van der Waals surface area contributed by atoms with E-state index in [1.807, 2.05) is 60.8 Å². The number of nitrogens with zero attached hydrogens (tertiary/aromatic N) is 3. The van der Waals surface area contributed by atoms with E-state index in [1.165, 1.54) is 0 Å². The molecule has 5 rings (SSSR count). The Labute approximate surface area is 219 Å². The Morgan fingerprint density at radius 1 is 0.943 bits per heavy atom. The van der Waals surface area contributed by atoms with Crippen LogP contribution in [0.2, 0.25) is 10.0 Å². The first-order valence-corrected chi connectivity index (χ1v) is 12.0. The molecule has 2 atom stereocenters. The van der Waals surface area contributed by atoms with Crippen LogP contribution < -0.4 is 19.7 Å². The Kier molecular flexibility index (Phi) is 6.56. The highest BCUT2D eigenvalue weighted by atomic mass is 35.5. The minimum absolute atomic E-state index is 0.227. The largest absolute Gasteiger partial charge is 0.497 e. The highest BCUT2D eigenvalue weighted by molar-refractivity contribution is 7.80. The second-order valence-electron chi connectivity index (χ2n) is 7.93. The van der Waals surface area contributed by atoms with E-state index in [4.69, 9.17) is 44.9 Å². The normalized spacial score (nSPS) is 17.4. The molecule has 0 aliphatic carbocycles. The summed E-state index contributed by atoms with van der Waals surface area (Å²) in [5, 5.41) is 5.16. The fraction of sp³-hybridized carbons (Fsp3) is 0.154. The third kappa shape index (κ3) is 4.31. The minimum atomic E-state index is -0.263. The lowest BCUT2D eigenvalue weighted by Crippen LogP contribution is -2.30. The van der Waals surface area contributed by atoms with Gasteiger partial charge in [0.15, 0.2) is 5.11 Å². The summed E-state index contributed by atoms with van der Waals surface area (Å²) >= 11 is 18.6. The smallest absolute Gasteiger partial charge is 0.174 e. The third-order valence-corrected chi connectivity index (χ3v) is 6.85. The third-order valence-electron chi connectivity index (χ3n) is 6.00. The molecule has 2 aromatic heterocycles. The van der Waals surface area contributed by atoms with Crippen LogP contribution in [0.4, 0.5) is 5.69 Å². The molecule has 0 amide bonds. The van der Waals surface area contributed by atoms with Crippen LogP contribution in [0.1, 0.15) is 23.5 Å². The zero-order valence-electron chi connectivity index (χ0n) is 19.0. The molecular formula is C26H22Cl2N4O2S. The standard InChI is InChI=1S/C26H22Cl2N4O2S/c1-33-17-9-11-21(23(15-17)34-2)32-25(24(30-26(32)35)19-6-3-4-12-29-19)22-7-5-13-31(22)20-10-8-16(27)14-18(20)28/h3-15,24-25H,1-2H3,(H,30,35)/t24-,25+/m0/s1. The van der Waals surface area contributed by atoms with E-state index in [1.54, 1.807) is 26.5 Å². The van der Waals surface area contributed by atoms with E-state index in [2.05, 4.69) is 25.8 Å². The summed E-state index contributed by atoms with van der Waals surface area (Å²) in [6.45, 7) is 0. The van der Waals surface area contributed by atoms with Crippen LogP contribution in [0.5, 0.6) is 11.5 Å². The second kappa shape index (κ2) is 9.77. The molecule has 0 saturated carbocycles. The number of thiocarbonyl (C=S) groups is 1. The van der Waals surface area contributed by atoms with Gasteiger partial charge < -0.3 is 24.3 Å². The van der Waals surface area contributed by atoms with Gasteiger partial charge in [-0.1, -0.05) is 29.3 Å². The van der Waals surface area contributed by atoms with Crippen LogP contribution in [0.3, 0.4) is 0 Å². The molecule has 1 N–H and O–H groups in total. The van der Waals surface area contributed by atoms with Gasteiger partial charge >= 0.3 is 0 Å². The number of nitrogens with one attached hydrogen (secondary N) is 1. The first-order chi connectivity index (χ1) is 17.0. The molecule has 178 valence electrons. The zero-order chi connectivity index (χ0) is 24.5. The van der Waals surface area contributed by atoms with Gasteiger partial charge in [-0.15, -0.1) is 0 Å². The fourth-order valence-corrected chi connectivity index (χ4v) is 5.27. The van der Waals surface area contributed by atoms with Crippen molar-refractivity contribution in [3.05, 3.63) is 101 Å². The Balaban J connectivity index is 1.70. The Bertz CT molecular complexity index is 1380. The molecule has 0 radical (unpaired) electrons. The van der Waals surface area contributed by atoms with Gasteiger partial charge in [0.05, 0.1) is 42.4 Å². The molecule has 9 heteroatoms. The maximum atomic E-state index is 6.61. The fourth-order valence-electron chi connectivity index (χ4n) is 4.43. The summed E-state index contributed by atoms with van der Waals surface area (Å²) in [7, 11) is 3.26. The number of pyridine rings is 1. The van der Waals surface area contributed by atoms with Crippen molar-refractivity contribution < 1.29 is 9.47 Å². The zero-order valence-corrected chi connectivity index (χ0v) is 21.3. The Morgan fingerprint density at radius 3 is 2.49 bits per heavy atom. The number of aromatic nitrogens is 2. The molecular weight excluding hydrogens is 503 g/mol. The van der Waals surface area contributed by atoms with Crippen molar-refractivity contribution in [3.8, 4) is 17.2 Å². The van der Waals surface area contributed by atoms with Gasteiger partial charge in [-0.05, 0) is 66.8 Å². The molecule has 0 spiro atoms. The number of halogens is 2. The second-order valence-corrected chi connectivity index (χ2v) is 9.16. The molecule has 1 saturated heterocycles. The van der Waals surface area contributed by atoms with Crippen LogP contribution >= 0.6 is 35.4 Å². The van der Waals surface area contributed by atoms with Gasteiger partial charge in [0.25, 0.3) is 0 Å². The van der Waals surface area contributed by atoms with Crippen LogP contribution in [-0.4, -0.2) is 28.9 Å². The average Bonchev–Trinajstić information content (AvgIpc) is 3.48. The molecule has 35 heavy (non-hydrogen) atoms. The van der Waals surface area contributed by atoms with E-state index in [9.17, 15) is 0 Å². The van der Waals surface area contributed by atoms with Crippen molar-refractivity contribution in [1.82, 2.24) is 14.9 Å². The van der Waals surface area contributed by atoms with Crippen molar-refractivity contribution >= 4 is 46.2 Å². The molecule has 1 fully saturated rings. The summed E-state index contributed by atoms with van der Waals surface area (Å²) in [4.78, 5) is 6.69. The molecule has 1 aliphatic rings. The highest BCUT2D eigenvalue weighted by Gasteiger charge is 2.43. The molecule has 0 unspecified atom stereocenters. The molecule has 1 aliphatic heterocycles. The summed E-state index contributed by atoms with van der Waals surface area (Å²) in [5.74, 6) is 1.33. The number of rotatable bonds is 6. The topological polar surface area (TPSA) is 51.5 Å². The molecule has 2 aromatic carbocycles. The van der Waals surface area contributed by atoms with E-state index in [-0.39, 0.29) is 12.1 Å². The molecule has 3 heterocycles. The lowest BCUT2D eigenvalue weighted by Gasteiger charge is -2.30. The maximum absolute atomic E-state index is 6.61. The van der Waals surface area contributed by atoms with Gasteiger partial charge in [0.2, 0.25) is 0 Å². The van der Waals surface area contributed by atoms with E-state index < -0.39 is 0 Å². The first-order valence-electron chi connectivity index (χ1n) is 10.9. The lowest BCUT2D eigenvalue weighted by molar-refractivity contribution is 0.394. The summed E-state index contributed by atoms with van der Waals surface area (Å²) in [6.07, 6.45) is 3.76. The van der Waals surface area contributed by atoms with Crippen molar-refractivity contribution in [2.24, 2.45) is 0 Å². The minimum Gasteiger partial charge on any atom is -0.497 e. The van der Waals surface area contributed by atoms with Crippen LogP contribution in [0, 0.1) is 0 Å². The monoisotopic (exact) mass is 524 g/mol. The van der Waals surface area contributed by atoms with Gasteiger partial charge in [-0.2, -0.15) is 0 Å². The number of hydrogen-bond donors (Lipinski definition) is 1. The van der Waals surface area contributed by atoms with E-state index in [0.717, 1.165) is 22.8 Å². The van der Waals surface area contributed by atoms with Crippen LogP contribution in [0.25, 0.3) is 5.69 Å². The first kappa shape index (κ1) is 23.5. The quantitative estimate of drug-likeness (QED) is 0.295. The predicted molar refractivity (Wildman–Crippen MR) is 143 cm³/mol. The highest BCUT2D eigenvalue weighted by Crippen LogP contribution is 2.46. The number of methoxy groups -OCH3 is 2. The number of anilines is 1. The van der Waals surface area contributed by atoms with E-state index in [0.29, 0.717) is 26.7 Å². The summed E-state index contributed by atoms with van der Waals surface area (Å²) in [6, 6.07) is 20.6. The van der Waals surface area contributed by atoms with Crippen LogP contribution in [0.15, 0.2) is 79.1 Å². The molecule has 4 aromatic rings. The van der Waals surface area contributed by atoms with Gasteiger partial charge in [0, 0.05) is 29.2 Å². The van der Waals surface area contributed by atoms with Crippen LogP contribution in [-0.2, 0) is 0 Å². The molecule has 6 nitrogen and oxygen atoms in total. The molecule has 0 bridgehead atoms. The van der Waals surface area contributed by atoms with Gasteiger partial charge in [0.1, 0.15) is 17.5 Å². The predicted octanol–water partition coefficient (Wildman–Crippen LogP) is 6.37. The van der Waals surface area contributed by atoms with Gasteiger partial charge in [-0.25, -0.2) is 0 Å². The average molecular weight is 525 g/mol. The van der Waals surface area contributed by atoms with Crippen molar-refractivity contribution in [2.75, 3.05) is 19.1 Å². The van der Waals surface area contributed by atoms with Crippen molar-refractivity contribution in [2.45, 2.75) is 12.1 Å². The Morgan fingerprint density at radius 2 is 1.77 bits per heavy atom. The maximum Gasteiger partial charge on any atom is 0.174 e. The lowest BCUT2D eigenvalue weighted by atomic mass is 10.0.